The number of guanidine groups is 1. The zero-order valence-electron chi connectivity index (χ0n) is 15.9. The second-order valence-corrected chi connectivity index (χ2v) is 8.21. The number of hydrogen-bond donors (Lipinski definition) is 2. The van der Waals surface area contributed by atoms with E-state index >= 15 is 0 Å². The third-order valence-electron chi connectivity index (χ3n) is 4.06. The van der Waals surface area contributed by atoms with Gasteiger partial charge < -0.3 is 10.6 Å². The summed E-state index contributed by atoms with van der Waals surface area (Å²) in [4.78, 5) is 4.38. The first kappa shape index (κ1) is 24.3. The molecule has 0 saturated carbocycles. The predicted molar refractivity (Wildman–Crippen MR) is 118 cm³/mol. The van der Waals surface area contributed by atoms with Crippen molar-refractivity contribution >= 4 is 39.8 Å². The lowest BCUT2D eigenvalue weighted by Crippen LogP contribution is -2.39. The van der Waals surface area contributed by atoms with Crippen molar-refractivity contribution in [3.05, 3.63) is 65.2 Å². The number of rotatable bonds is 6. The van der Waals surface area contributed by atoms with Gasteiger partial charge in [0.15, 0.2) is 15.8 Å². The van der Waals surface area contributed by atoms with Gasteiger partial charge in [-0.25, -0.2) is 17.2 Å². The summed E-state index contributed by atoms with van der Waals surface area (Å²) in [6.45, 7) is 2.31. The van der Waals surface area contributed by atoms with Crippen molar-refractivity contribution < 1.29 is 17.2 Å². The van der Waals surface area contributed by atoms with Gasteiger partial charge in [-0.15, -0.1) is 24.0 Å². The summed E-state index contributed by atoms with van der Waals surface area (Å²) < 4.78 is 49.8. The number of sulfone groups is 1. The first-order chi connectivity index (χ1) is 12.7. The highest BCUT2D eigenvalue weighted by Gasteiger charge is 2.13. The summed E-state index contributed by atoms with van der Waals surface area (Å²) in [5, 5.41) is 6.17. The molecule has 2 N–H and O–H groups in total. The monoisotopic (exact) mass is 523 g/mol. The van der Waals surface area contributed by atoms with Gasteiger partial charge in [-0.1, -0.05) is 18.2 Å². The molecule has 1 atom stereocenters. The average molecular weight is 523 g/mol. The maximum absolute atomic E-state index is 13.9. The number of benzene rings is 2. The molecular formula is C19H24F2IN3O2S. The zero-order valence-corrected chi connectivity index (χ0v) is 19.0. The second kappa shape index (κ2) is 10.7. The highest BCUT2D eigenvalue weighted by molar-refractivity contribution is 14.0. The highest BCUT2D eigenvalue weighted by atomic mass is 127. The molecule has 0 amide bonds. The molecule has 0 heterocycles. The number of nitrogens with one attached hydrogen (secondary N) is 2. The number of hydrogen-bond acceptors (Lipinski definition) is 3. The van der Waals surface area contributed by atoms with E-state index in [4.69, 9.17) is 0 Å². The summed E-state index contributed by atoms with van der Waals surface area (Å²) >= 11 is 0. The SMILES string of the molecule is CN=C(NCCc1ccc(S(C)(=O)=O)cc1)NC(C)c1ccc(F)cc1F.I. The van der Waals surface area contributed by atoms with Gasteiger partial charge in [0.05, 0.1) is 10.9 Å². The van der Waals surface area contributed by atoms with Gasteiger partial charge in [-0.2, -0.15) is 0 Å². The van der Waals surface area contributed by atoms with Crippen LogP contribution in [0.25, 0.3) is 0 Å². The maximum atomic E-state index is 13.9. The summed E-state index contributed by atoms with van der Waals surface area (Å²) in [6, 6.07) is 9.77. The predicted octanol–water partition coefficient (Wildman–Crippen LogP) is 3.46. The summed E-state index contributed by atoms with van der Waals surface area (Å²) in [5.41, 5.74) is 1.32. The molecule has 5 nitrogen and oxygen atoms in total. The third-order valence-corrected chi connectivity index (χ3v) is 5.19. The van der Waals surface area contributed by atoms with E-state index in [1.807, 2.05) is 0 Å². The Morgan fingerprint density at radius 3 is 2.32 bits per heavy atom. The number of halogens is 3. The molecule has 9 heteroatoms. The molecule has 2 aromatic carbocycles. The van der Waals surface area contributed by atoms with Crippen LogP contribution in [0.15, 0.2) is 52.4 Å². The minimum Gasteiger partial charge on any atom is -0.356 e. The van der Waals surface area contributed by atoms with Crippen molar-refractivity contribution in [3.8, 4) is 0 Å². The van der Waals surface area contributed by atoms with Gasteiger partial charge in [0.25, 0.3) is 0 Å². The van der Waals surface area contributed by atoms with Crippen LogP contribution in [0.4, 0.5) is 8.78 Å². The molecule has 0 spiro atoms. The Morgan fingerprint density at radius 2 is 1.79 bits per heavy atom. The molecule has 2 rings (SSSR count). The van der Waals surface area contributed by atoms with E-state index < -0.39 is 27.5 Å². The molecule has 28 heavy (non-hydrogen) atoms. The van der Waals surface area contributed by atoms with Crippen molar-refractivity contribution in [2.24, 2.45) is 4.99 Å². The van der Waals surface area contributed by atoms with Gasteiger partial charge >= 0.3 is 0 Å². The van der Waals surface area contributed by atoms with Crippen LogP contribution in [-0.4, -0.2) is 34.2 Å². The largest absolute Gasteiger partial charge is 0.356 e. The Kier molecular flexibility index (Phi) is 9.28. The normalized spacial score (nSPS) is 12.8. The van der Waals surface area contributed by atoms with Crippen LogP contribution in [0.2, 0.25) is 0 Å². The van der Waals surface area contributed by atoms with Crippen LogP contribution in [0.5, 0.6) is 0 Å². The molecule has 1 unspecified atom stereocenters. The Hall–Kier alpha value is -1.75. The minimum atomic E-state index is -3.20. The van der Waals surface area contributed by atoms with E-state index in [1.54, 1.807) is 38.2 Å². The average Bonchev–Trinajstić information content (AvgIpc) is 2.60. The van der Waals surface area contributed by atoms with Gasteiger partial charge in [-0.05, 0) is 37.1 Å². The minimum absolute atomic E-state index is 0. The molecule has 154 valence electrons. The molecule has 0 bridgehead atoms. The standard InChI is InChI=1S/C19H23F2N3O2S.HI/c1-13(17-9-6-15(20)12-18(17)21)24-19(22-2)23-11-10-14-4-7-16(8-5-14)27(3,25)26;/h4-9,12-13H,10-11H2,1-3H3,(H2,22,23,24);1H. The zero-order chi connectivity index (χ0) is 20.0. The first-order valence-electron chi connectivity index (χ1n) is 8.42. The Bertz CT molecular complexity index is 919. The van der Waals surface area contributed by atoms with Crippen molar-refractivity contribution in [3.63, 3.8) is 0 Å². The lowest BCUT2D eigenvalue weighted by Gasteiger charge is -2.19. The van der Waals surface area contributed by atoms with E-state index in [-0.39, 0.29) is 28.9 Å². The molecule has 0 aliphatic rings. The fraction of sp³-hybridized carbons (Fsp3) is 0.316. The maximum Gasteiger partial charge on any atom is 0.191 e. The summed E-state index contributed by atoms with van der Waals surface area (Å²) in [5.74, 6) is -0.747. The molecule has 0 aromatic heterocycles. The highest BCUT2D eigenvalue weighted by Crippen LogP contribution is 2.17. The number of nitrogens with zero attached hydrogens (tertiary/aromatic N) is 1. The molecular weight excluding hydrogens is 499 g/mol. The molecule has 0 saturated heterocycles. The van der Waals surface area contributed by atoms with Gasteiger partial charge in [0.2, 0.25) is 0 Å². The van der Waals surface area contributed by atoms with Crippen LogP contribution < -0.4 is 10.6 Å². The molecule has 0 aliphatic carbocycles. The topological polar surface area (TPSA) is 70.6 Å². The van der Waals surface area contributed by atoms with Crippen molar-refractivity contribution in [1.82, 2.24) is 10.6 Å². The second-order valence-electron chi connectivity index (χ2n) is 6.20. The fourth-order valence-electron chi connectivity index (χ4n) is 2.56. The Balaban J connectivity index is 0.00000392. The molecule has 0 fully saturated rings. The number of aliphatic imine (C=N–C) groups is 1. The smallest absolute Gasteiger partial charge is 0.191 e. The Labute approximate surface area is 181 Å². The summed E-state index contributed by atoms with van der Waals surface area (Å²) in [7, 11) is -1.60. The van der Waals surface area contributed by atoms with E-state index in [1.165, 1.54) is 18.4 Å². The van der Waals surface area contributed by atoms with Crippen molar-refractivity contribution in [2.45, 2.75) is 24.3 Å². The lowest BCUT2D eigenvalue weighted by molar-refractivity contribution is 0.551. The van der Waals surface area contributed by atoms with Gasteiger partial charge in [0, 0.05) is 31.5 Å². The van der Waals surface area contributed by atoms with Crippen LogP contribution in [-0.2, 0) is 16.3 Å². The lowest BCUT2D eigenvalue weighted by atomic mass is 10.1. The fourth-order valence-corrected chi connectivity index (χ4v) is 3.19. The molecule has 0 aliphatic heterocycles. The van der Waals surface area contributed by atoms with Gasteiger partial charge in [0.1, 0.15) is 11.6 Å². The van der Waals surface area contributed by atoms with Crippen molar-refractivity contribution in [1.29, 1.82) is 0 Å². The van der Waals surface area contributed by atoms with Crippen LogP contribution >= 0.6 is 24.0 Å². The van der Waals surface area contributed by atoms with Crippen LogP contribution in [0.3, 0.4) is 0 Å². The van der Waals surface area contributed by atoms with Gasteiger partial charge in [-0.3, -0.25) is 4.99 Å². The molecule has 2 aromatic rings. The van der Waals surface area contributed by atoms with Crippen LogP contribution in [0, 0.1) is 11.6 Å². The first-order valence-corrected chi connectivity index (χ1v) is 10.3. The van der Waals surface area contributed by atoms with E-state index in [0.717, 1.165) is 11.6 Å². The van der Waals surface area contributed by atoms with Crippen LogP contribution in [0.1, 0.15) is 24.1 Å². The van der Waals surface area contributed by atoms with E-state index in [0.29, 0.717) is 24.5 Å². The molecule has 0 radical (unpaired) electrons. The Morgan fingerprint density at radius 1 is 1.14 bits per heavy atom. The van der Waals surface area contributed by atoms with E-state index in [9.17, 15) is 17.2 Å². The van der Waals surface area contributed by atoms with E-state index in [2.05, 4.69) is 15.6 Å². The van der Waals surface area contributed by atoms with Crippen molar-refractivity contribution in [2.75, 3.05) is 19.8 Å². The summed E-state index contributed by atoms with van der Waals surface area (Å²) in [6.07, 6.45) is 1.83. The third kappa shape index (κ3) is 7.01. The quantitative estimate of drug-likeness (QED) is 0.346.